The summed E-state index contributed by atoms with van der Waals surface area (Å²) in [4.78, 5) is 35.2. The van der Waals surface area contributed by atoms with Crippen LogP contribution in [0.4, 0.5) is 21.7 Å². The Kier molecular flexibility index (Phi) is 7.93. The molecule has 4 heterocycles. The molecule has 0 spiro atoms. The quantitative estimate of drug-likeness (QED) is 0.477. The summed E-state index contributed by atoms with van der Waals surface area (Å²) in [5.74, 6) is 1.13. The van der Waals surface area contributed by atoms with Crippen LogP contribution in [-0.2, 0) is 16.0 Å². The van der Waals surface area contributed by atoms with Crippen LogP contribution in [-0.4, -0.2) is 87.9 Å². The van der Waals surface area contributed by atoms with Gasteiger partial charge in [0.25, 0.3) is 0 Å². The predicted octanol–water partition coefficient (Wildman–Crippen LogP) is 3.34. The van der Waals surface area contributed by atoms with Crippen LogP contribution in [0.15, 0.2) is 24.4 Å². The maximum atomic E-state index is 12.2. The van der Waals surface area contributed by atoms with Gasteiger partial charge in [-0.1, -0.05) is 11.3 Å². The molecule has 3 aromatic heterocycles. The normalized spacial score (nSPS) is 14.6. The van der Waals surface area contributed by atoms with Crippen LogP contribution >= 0.6 is 11.3 Å². The molecular formula is C23H32N8O3S. The zero-order valence-corrected chi connectivity index (χ0v) is 21.4. The lowest BCUT2D eigenvalue weighted by molar-refractivity contribution is 0.0305. The number of carbonyl (C=O) groups is 1. The number of hydrogen-bond donors (Lipinski definition) is 2. The maximum absolute atomic E-state index is 12.2. The highest BCUT2D eigenvalue weighted by Gasteiger charge is 2.19. The molecule has 188 valence electrons. The minimum absolute atomic E-state index is 0.368. The first-order chi connectivity index (χ1) is 16.7. The number of amides is 1. The monoisotopic (exact) mass is 500 g/mol. The van der Waals surface area contributed by atoms with Crippen molar-refractivity contribution in [2.24, 2.45) is 0 Å². The largest absolute Gasteiger partial charge is 0.444 e. The third-order valence-electron chi connectivity index (χ3n) is 5.11. The highest BCUT2D eigenvalue weighted by molar-refractivity contribution is 7.21. The fraction of sp³-hybridized carbons (Fsp3) is 0.522. The Morgan fingerprint density at radius 2 is 2.06 bits per heavy atom. The van der Waals surface area contributed by atoms with Gasteiger partial charge in [0, 0.05) is 52.0 Å². The Hall–Kier alpha value is -3.09. The summed E-state index contributed by atoms with van der Waals surface area (Å²) in [5, 5.41) is 7.26. The van der Waals surface area contributed by atoms with E-state index in [9.17, 15) is 4.79 Å². The molecule has 3 aromatic rings. The van der Waals surface area contributed by atoms with Gasteiger partial charge < -0.3 is 25.0 Å². The lowest BCUT2D eigenvalue weighted by atomic mass is 10.2. The van der Waals surface area contributed by atoms with E-state index in [1.807, 2.05) is 39.0 Å². The van der Waals surface area contributed by atoms with Crippen LogP contribution in [0.3, 0.4) is 0 Å². The Balaban J connectivity index is 1.45. The van der Waals surface area contributed by atoms with Crippen molar-refractivity contribution in [3.63, 3.8) is 0 Å². The molecule has 1 fully saturated rings. The summed E-state index contributed by atoms with van der Waals surface area (Å²) >= 11 is 1.47. The average Bonchev–Trinajstić information content (AvgIpc) is 3.20. The second-order valence-corrected chi connectivity index (χ2v) is 10.2. The van der Waals surface area contributed by atoms with Crippen molar-refractivity contribution in [2.75, 3.05) is 57.1 Å². The molecule has 1 amide bonds. The number of likely N-dealkylation sites (N-methyl/N-ethyl adjacent to an activating group) is 1. The van der Waals surface area contributed by atoms with Gasteiger partial charge in [-0.25, -0.2) is 19.7 Å². The van der Waals surface area contributed by atoms with E-state index in [0.29, 0.717) is 36.5 Å². The van der Waals surface area contributed by atoms with Crippen LogP contribution < -0.4 is 10.6 Å². The number of ether oxygens (including phenoxy) is 2. The van der Waals surface area contributed by atoms with E-state index in [1.54, 1.807) is 13.2 Å². The van der Waals surface area contributed by atoms with E-state index in [1.165, 1.54) is 16.2 Å². The Morgan fingerprint density at radius 1 is 1.26 bits per heavy atom. The van der Waals surface area contributed by atoms with Crippen LogP contribution in [0.2, 0.25) is 0 Å². The smallest absolute Gasteiger partial charge is 0.410 e. The fourth-order valence-corrected chi connectivity index (χ4v) is 4.22. The van der Waals surface area contributed by atoms with E-state index in [-0.39, 0.29) is 6.09 Å². The van der Waals surface area contributed by atoms with Gasteiger partial charge in [0.05, 0.1) is 18.9 Å². The van der Waals surface area contributed by atoms with Gasteiger partial charge in [0.1, 0.15) is 21.8 Å². The molecule has 1 saturated heterocycles. The van der Waals surface area contributed by atoms with Gasteiger partial charge in [-0.15, -0.1) is 0 Å². The number of rotatable bonds is 8. The SMILES string of the molecule is CN(CCNc1nc(CN2CCOCC2)cc(Nc2nc3cccnc3s2)n1)C(=O)OC(C)(C)C. The fourth-order valence-electron chi connectivity index (χ4n) is 3.41. The highest BCUT2D eigenvalue weighted by atomic mass is 32.1. The van der Waals surface area contributed by atoms with Crippen LogP contribution in [0.5, 0.6) is 0 Å². The van der Waals surface area contributed by atoms with Crippen molar-refractivity contribution in [3.8, 4) is 0 Å². The second kappa shape index (κ2) is 11.1. The van der Waals surface area contributed by atoms with Gasteiger partial charge in [0.2, 0.25) is 5.95 Å². The summed E-state index contributed by atoms with van der Waals surface area (Å²) in [6.07, 6.45) is 1.39. The Morgan fingerprint density at radius 3 is 2.80 bits per heavy atom. The first-order valence-electron chi connectivity index (χ1n) is 11.6. The number of carbonyl (C=O) groups excluding carboxylic acids is 1. The number of nitrogens with one attached hydrogen (secondary N) is 2. The minimum Gasteiger partial charge on any atom is -0.444 e. The third kappa shape index (κ3) is 7.44. The molecule has 0 saturated carbocycles. The molecule has 35 heavy (non-hydrogen) atoms. The minimum atomic E-state index is -0.535. The van der Waals surface area contributed by atoms with Gasteiger partial charge in [-0.3, -0.25) is 4.90 Å². The lowest BCUT2D eigenvalue weighted by Gasteiger charge is -2.26. The Labute approximate surface area is 208 Å². The van der Waals surface area contributed by atoms with Gasteiger partial charge >= 0.3 is 6.09 Å². The van der Waals surface area contributed by atoms with Crippen LogP contribution in [0.25, 0.3) is 10.3 Å². The first-order valence-corrected chi connectivity index (χ1v) is 12.4. The maximum Gasteiger partial charge on any atom is 0.410 e. The van der Waals surface area contributed by atoms with Crippen LogP contribution in [0.1, 0.15) is 26.5 Å². The summed E-state index contributed by atoms with van der Waals surface area (Å²) < 4.78 is 10.9. The number of morpholine rings is 1. The molecule has 0 aliphatic carbocycles. The molecule has 0 atom stereocenters. The molecule has 0 radical (unpaired) electrons. The summed E-state index contributed by atoms with van der Waals surface area (Å²) in [6, 6.07) is 5.74. The number of aromatic nitrogens is 4. The van der Waals surface area contributed by atoms with E-state index < -0.39 is 5.60 Å². The molecule has 0 aromatic carbocycles. The molecule has 4 rings (SSSR count). The molecule has 0 bridgehead atoms. The third-order valence-corrected chi connectivity index (χ3v) is 6.00. The predicted molar refractivity (Wildman–Crippen MR) is 136 cm³/mol. The van der Waals surface area contributed by atoms with E-state index in [0.717, 1.165) is 42.3 Å². The van der Waals surface area contributed by atoms with Crippen molar-refractivity contribution in [1.82, 2.24) is 29.7 Å². The molecule has 0 unspecified atom stereocenters. The van der Waals surface area contributed by atoms with E-state index in [4.69, 9.17) is 14.5 Å². The van der Waals surface area contributed by atoms with Gasteiger partial charge in [-0.05, 0) is 32.9 Å². The zero-order chi connectivity index (χ0) is 24.8. The number of hydrogen-bond acceptors (Lipinski definition) is 11. The van der Waals surface area contributed by atoms with Crippen molar-refractivity contribution in [2.45, 2.75) is 32.9 Å². The average molecular weight is 501 g/mol. The number of anilines is 3. The van der Waals surface area contributed by atoms with Gasteiger partial charge in [-0.2, -0.15) is 4.98 Å². The number of nitrogens with zero attached hydrogens (tertiary/aromatic N) is 6. The summed E-state index contributed by atoms with van der Waals surface area (Å²) in [5.41, 5.74) is 1.18. The first kappa shape index (κ1) is 25.0. The zero-order valence-electron chi connectivity index (χ0n) is 20.6. The standard InChI is InChI=1S/C23H32N8O3S/c1-23(2,3)34-22(32)30(4)9-8-25-20-26-16(15-31-10-12-33-13-11-31)14-18(28-20)29-21-27-17-6-5-7-24-19(17)35-21/h5-7,14H,8-13,15H2,1-4H3,(H2,25,26,27,28,29). The highest BCUT2D eigenvalue weighted by Crippen LogP contribution is 2.26. The van der Waals surface area contributed by atoms with Gasteiger partial charge in [0.15, 0.2) is 5.13 Å². The summed E-state index contributed by atoms with van der Waals surface area (Å²) in [6.45, 7) is 10.3. The second-order valence-electron chi connectivity index (χ2n) is 9.26. The lowest BCUT2D eigenvalue weighted by Crippen LogP contribution is -2.37. The van der Waals surface area contributed by atoms with Crippen molar-refractivity contribution >= 4 is 44.7 Å². The summed E-state index contributed by atoms with van der Waals surface area (Å²) in [7, 11) is 1.71. The molecule has 1 aliphatic rings. The van der Waals surface area contributed by atoms with Crippen LogP contribution in [0, 0.1) is 0 Å². The Bertz CT molecular complexity index is 1110. The number of thiazole rings is 1. The number of pyridine rings is 1. The molecular weight excluding hydrogens is 468 g/mol. The van der Waals surface area contributed by atoms with E-state index in [2.05, 4.69) is 30.5 Å². The molecule has 11 nitrogen and oxygen atoms in total. The van der Waals surface area contributed by atoms with E-state index >= 15 is 0 Å². The van der Waals surface area contributed by atoms with Crippen molar-refractivity contribution in [1.29, 1.82) is 0 Å². The molecule has 1 aliphatic heterocycles. The topological polar surface area (TPSA) is 118 Å². The molecule has 2 N–H and O–H groups in total. The van der Waals surface area contributed by atoms with Crippen molar-refractivity contribution in [3.05, 3.63) is 30.1 Å². The number of fused-ring (bicyclic) bond motifs is 1. The van der Waals surface area contributed by atoms with Crippen molar-refractivity contribution < 1.29 is 14.3 Å². The molecule has 12 heteroatoms.